The first kappa shape index (κ1) is 14.0. The summed E-state index contributed by atoms with van der Waals surface area (Å²) in [5, 5.41) is 3.01. The van der Waals surface area contributed by atoms with Gasteiger partial charge < -0.3 is 16.0 Å². The van der Waals surface area contributed by atoms with E-state index in [1.54, 1.807) is 24.9 Å². The molecule has 0 radical (unpaired) electrons. The Morgan fingerprint density at radius 2 is 2.22 bits per heavy atom. The Morgan fingerprint density at radius 1 is 1.56 bits per heavy atom. The monoisotopic (exact) mass is 250 g/mol. The molecule has 1 heterocycles. The SMILES string of the molecule is CCN(C)C(=O)C(C)Nc1ccnc(C(N)=O)c1. The molecule has 2 amide bonds. The molecule has 0 fully saturated rings. The Morgan fingerprint density at radius 3 is 2.78 bits per heavy atom. The quantitative estimate of drug-likeness (QED) is 0.794. The Balaban J connectivity index is 2.75. The highest BCUT2D eigenvalue weighted by Gasteiger charge is 2.16. The number of primary amides is 1. The highest BCUT2D eigenvalue weighted by Crippen LogP contribution is 2.10. The number of carbonyl (C=O) groups excluding carboxylic acids is 2. The van der Waals surface area contributed by atoms with Gasteiger partial charge in [0.1, 0.15) is 11.7 Å². The summed E-state index contributed by atoms with van der Waals surface area (Å²) in [6.45, 7) is 4.31. The Hall–Kier alpha value is -2.11. The number of anilines is 1. The number of nitrogens with one attached hydrogen (secondary N) is 1. The fourth-order valence-electron chi connectivity index (χ4n) is 1.45. The van der Waals surface area contributed by atoms with Crippen molar-refractivity contribution in [2.24, 2.45) is 5.73 Å². The summed E-state index contributed by atoms with van der Waals surface area (Å²) < 4.78 is 0. The van der Waals surface area contributed by atoms with Crippen LogP contribution in [0.1, 0.15) is 24.3 Å². The van der Waals surface area contributed by atoms with Crippen molar-refractivity contribution in [3.8, 4) is 0 Å². The van der Waals surface area contributed by atoms with E-state index in [9.17, 15) is 9.59 Å². The van der Waals surface area contributed by atoms with Gasteiger partial charge in [-0.2, -0.15) is 0 Å². The number of nitrogens with two attached hydrogens (primary N) is 1. The Labute approximate surface area is 106 Å². The van der Waals surface area contributed by atoms with Crippen LogP contribution >= 0.6 is 0 Å². The molecular formula is C12H18N4O2. The zero-order valence-corrected chi connectivity index (χ0v) is 10.8. The predicted molar refractivity (Wildman–Crippen MR) is 69.2 cm³/mol. The van der Waals surface area contributed by atoms with Crippen LogP contribution in [0.4, 0.5) is 5.69 Å². The van der Waals surface area contributed by atoms with Crippen molar-refractivity contribution >= 4 is 17.5 Å². The van der Waals surface area contributed by atoms with Crippen molar-refractivity contribution in [3.05, 3.63) is 24.0 Å². The van der Waals surface area contributed by atoms with E-state index >= 15 is 0 Å². The van der Waals surface area contributed by atoms with Crippen LogP contribution in [0.25, 0.3) is 0 Å². The van der Waals surface area contributed by atoms with E-state index in [1.807, 2.05) is 6.92 Å². The lowest BCUT2D eigenvalue weighted by Crippen LogP contribution is -2.38. The standard InChI is InChI=1S/C12H18N4O2/c1-4-16(3)12(18)8(2)15-9-5-6-14-10(7-9)11(13)17/h5-8H,4H2,1-3H3,(H2,13,17)(H,14,15). The highest BCUT2D eigenvalue weighted by atomic mass is 16.2. The number of amides is 2. The molecule has 1 unspecified atom stereocenters. The van der Waals surface area contributed by atoms with Gasteiger partial charge >= 0.3 is 0 Å². The number of pyridine rings is 1. The maximum atomic E-state index is 11.9. The van der Waals surface area contributed by atoms with Crippen molar-refractivity contribution in [3.63, 3.8) is 0 Å². The van der Waals surface area contributed by atoms with E-state index in [4.69, 9.17) is 5.73 Å². The van der Waals surface area contributed by atoms with E-state index in [1.165, 1.54) is 12.3 Å². The fourth-order valence-corrected chi connectivity index (χ4v) is 1.45. The molecule has 18 heavy (non-hydrogen) atoms. The molecular weight excluding hydrogens is 232 g/mol. The van der Waals surface area contributed by atoms with Gasteiger partial charge in [0.25, 0.3) is 5.91 Å². The molecule has 0 saturated carbocycles. The van der Waals surface area contributed by atoms with Crippen molar-refractivity contribution in [1.82, 2.24) is 9.88 Å². The first-order valence-electron chi connectivity index (χ1n) is 5.73. The molecule has 0 spiro atoms. The van der Waals surface area contributed by atoms with E-state index in [2.05, 4.69) is 10.3 Å². The summed E-state index contributed by atoms with van der Waals surface area (Å²) in [5.41, 5.74) is 5.95. The Kier molecular flexibility index (Phi) is 4.65. The molecule has 0 saturated heterocycles. The molecule has 0 bridgehead atoms. The minimum Gasteiger partial charge on any atom is -0.374 e. The third-order valence-corrected chi connectivity index (χ3v) is 2.62. The van der Waals surface area contributed by atoms with Crippen LogP contribution in [0, 0.1) is 0 Å². The molecule has 0 aliphatic rings. The average Bonchev–Trinajstić information content (AvgIpc) is 2.37. The third kappa shape index (κ3) is 3.44. The van der Waals surface area contributed by atoms with E-state index in [0.717, 1.165) is 0 Å². The van der Waals surface area contributed by atoms with Crippen LogP contribution in [0.15, 0.2) is 18.3 Å². The molecule has 3 N–H and O–H groups in total. The zero-order valence-electron chi connectivity index (χ0n) is 10.8. The second-order valence-corrected chi connectivity index (χ2v) is 4.01. The molecule has 1 rings (SSSR count). The van der Waals surface area contributed by atoms with Gasteiger partial charge in [-0.05, 0) is 26.0 Å². The van der Waals surface area contributed by atoms with Crippen LogP contribution in [0.5, 0.6) is 0 Å². The minimum atomic E-state index is -0.594. The number of aromatic nitrogens is 1. The van der Waals surface area contributed by atoms with Crippen LogP contribution in [0.2, 0.25) is 0 Å². The van der Waals surface area contributed by atoms with E-state index in [0.29, 0.717) is 12.2 Å². The molecule has 1 aromatic rings. The molecule has 98 valence electrons. The number of rotatable bonds is 5. The van der Waals surface area contributed by atoms with Crippen molar-refractivity contribution in [1.29, 1.82) is 0 Å². The van der Waals surface area contributed by atoms with Gasteiger partial charge in [0, 0.05) is 25.5 Å². The van der Waals surface area contributed by atoms with Crippen LogP contribution in [0.3, 0.4) is 0 Å². The lowest BCUT2D eigenvalue weighted by atomic mass is 10.2. The van der Waals surface area contributed by atoms with Crippen molar-refractivity contribution in [2.75, 3.05) is 18.9 Å². The van der Waals surface area contributed by atoms with Crippen LogP contribution in [-0.4, -0.2) is 41.3 Å². The van der Waals surface area contributed by atoms with Gasteiger partial charge in [0.05, 0.1) is 0 Å². The smallest absolute Gasteiger partial charge is 0.267 e. The minimum absolute atomic E-state index is 0.0186. The number of carbonyl (C=O) groups is 2. The maximum Gasteiger partial charge on any atom is 0.267 e. The van der Waals surface area contributed by atoms with Gasteiger partial charge in [0.15, 0.2) is 0 Å². The molecule has 0 aliphatic carbocycles. The lowest BCUT2D eigenvalue weighted by molar-refractivity contribution is -0.130. The summed E-state index contributed by atoms with van der Waals surface area (Å²) in [6, 6.07) is 2.83. The predicted octanol–water partition coefficient (Wildman–Crippen LogP) is 0.459. The van der Waals surface area contributed by atoms with Gasteiger partial charge in [-0.25, -0.2) is 0 Å². The molecule has 0 aromatic carbocycles. The van der Waals surface area contributed by atoms with Gasteiger partial charge in [-0.15, -0.1) is 0 Å². The van der Waals surface area contributed by atoms with Crippen LogP contribution in [-0.2, 0) is 4.79 Å². The molecule has 6 heteroatoms. The van der Waals surface area contributed by atoms with Crippen LogP contribution < -0.4 is 11.1 Å². The average molecular weight is 250 g/mol. The number of hydrogen-bond donors (Lipinski definition) is 2. The van der Waals surface area contributed by atoms with E-state index in [-0.39, 0.29) is 17.6 Å². The number of likely N-dealkylation sites (N-methyl/N-ethyl adjacent to an activating group) is 1. The van der Waals surface area contributed by atoms with E-state index < -0.39 is 5.91 Å². The third-order valence-electron chi connectivity index (χ3n) is 2.62. The molecule has 0 aliphatic heterocycles. The van der Waals surface area contributed by atoms with Crippen molar-refractivity contribution in [2.45, 2.75) is 19.9 Å². The molecule has 6 nitrogen and oxygen atoms in total. The normalized spacial score (nSPS) is 11.7. The second-order valence-electron chi connectivity index (χ2n) is 4.01. The summed E-state index contributed by atoms with van der Waals surface area (Å²) in [5.74, 6) is -0.613. The molecule has 1 atom stereocenters. The maximum absolute atomic E-state index is 11.9. The van der Waals surface area contributed by atoms with Gasteiger partial charge in [0.2, 0.25) is 5.91 Å². The number of nitrogens with zero attached hydrogens (tertiary/aromatic N) is 2. The summed E-state index contributed by atoms with van der Waals surface area (Å²) in [6.07, 6.45) is 1.48. The van der Waals surface area contributed by atoms with Crippen molar-refractivity contribution < 1.29 is 9.59 Å². The first-order valence-corrected chi connectivity index (χ1v) is 5.73. The Bertz CT molecular complexity index is 447. The molecule has 1 aromatic heterocycles. The largest absolute Gasteiger partial charge is 0.374 e. The fraction of sp³-hybridized carbons (Fsp3) is 0.417. The topological polar surface area (TPSA) is 88.3 Å². The van der Waals surface area contributed by atoms with Gasteiger partial charge in [-0.3, -0.25) is 14.6 Å². The first-order chi connectivity index (χ1) is 8.45. The second kappa shape index (κ2) is 6.00. The van der Waals surface area contributed by atoms with Gasteiger partial charge in [-0.1, -0.05) is 0 Å². The summed E-state index contributed by atoms with van der Waals surface area (Å²) in [4.78, 5) is 28.3. The lowest BCUT2D eigenvalue weighted by Gasteiger charge is -2.21. The number of hydrogen-bond acceptors (Lipinski definition) is 4. The zero-order chi connectivity index (χ0) is 13.7. The summed E-state index contributed by atoms with van der Waals surface area (Å²) in [7, 11) is 1.74. The highest BCUT2D eigenvalue weighted by molar-refractivity contribution is 5.92. The summed E-state index contributed by atoms with van der Waals surface area (Å²) >= 11 is 0.